The summed E-state index contributed by atoms with van der Waals surface area (Å²) in [6, 6.07) is 7.76. The van der Waals surface area contributed by atoms with Crippen LogP contribution in [0.3, 0.4) is 0 Å². The number of imidazole rings is 1. The maximum Gasteiger partial charge on any atom is 0.249 e. The third-order valence-electron chi connectivity index (χ3n) is 4.54. The highest BCUT2D eigenvalue weighted by Gasteiger charge is 2.15. The van der Waals surface area contributed by atoms with Gasteiger partial charge in [-0.25, -0.2) is 13.4 Å². The Balaban J connectivity index is 1.78. The van der Waals surface area contributed by atoms with Crippen molar-refractivity contribution in [3.05, 3.63) is 54.7 Å². The van der Waals surface area contributed by atoms with Gasteiger partial charge in [0.2, 0.25) is 10.0 Å². The van der Waals surface area contributed by atoms with Crippen molar-refractivity contribution >= 4 is 21.9 Å². The van der Waals surface area contributed by atoms with Crippen LogP contribution in [0.15, 0.2) is 54.2 Å². The molecule has 3 aromatic rings. The molecule has 0 radical (unpaired) electrons. The number of aromatic nitrogens is 3. The van der Waals surface area contributed by atoms with Gasteiger partial charge in [0.25, 0.3) is 0 Å². The molecule has 0 saturated carbocycles. The molecule has 0 spiro atoms. The molecule has 0 aliphatic rings. The molecule has 3 rings (SSSR count). The van der Waals surface area contributed by atoms with E-state index >= 15 is 0 Å². The second kappa shape index (κ2) is 8.97. The Bertz CT molecular complexity index is 1040. The van der Waals surface area contributed by atoms with Crippen molar-refractivity contribution < 1.29 is 8.42 Å². The number of hydrogen-bond donors (Lipinski definition) is 0. The van der Waals surface area contributed by atoms with E-state index in [1.165, 1.54) is 13.3 Å². The molecular formula is C20H25N5O2S. The van der Waals surface area contributed by atoms with Crippen molar-refractivity contribution in [3.8, 4) is 11.1 Å². The van der Waals surface area contributed by atoms with Gasteiger partial charge in [0.15, 0.2) is 0 Å². The van der Waals surface area contributed by atoms with E-state index in [1.54, 1.807) is 18.6 Å². The molecule has 148 valence electrons. The Hall–Kier alpha value is -2.74. The monoisotopic (exact) mass is 399 g/mol. The van der Waals surface area contributed by atoms with Crippen LogP contribution >= 0.6 is 0 Å². The molecule has 0 N–H and O–H groups in total. The second-order valence-electron chi connectivity index (χ2n) is 6.63. The maximum atomic E-state index is 12.3. The third kappa shape index (κ3) is 4.75. The average molecular weight is 400 g/mol. The first-order valence-electron chi connectivity index (χ1n) is 9.39. The van der Waals surface area contributed by atoms with Crippen LogP contribution in [0.2, 0.25) is 0 Å². The fourth-order valence-corrected chi connectivity index (χ4v) is 3.88. The number of sulfonamides is 1. The molecule has 0 aromatic carbocycles. The molecule has 8 heteroatoms. The SMILES string of the molecule is CCCCCCS(=O)(=O)N(C)/N=C/c1cnc2ccc(-c3cccnc3)cn12. The van der Waals surface area contributed by atoms with Crippen LogP contribution in [0.5, 0.6) is 0 Å². The van der Waals surface area contributed by atoms with Crippen LogP contribution in [0.1, 0.15) is 38.3 Å². The summed E-state index contributed by atoms with van der Waals surface area (Å²) in [5.74, 6) is 0.110. The first-order valence-corrected chi connectivity index (χ1v) is 11.0. The van der Waals surface area contributed by atoms with Crippen molar-refractivity contribution in [2.45, 2.75) is 32.6 Å². The Morgan fingerprint density at radius 1 is 1.14 bits per heavy atom. The van der Waals surface area contributed by atoms with Gasteiger partial charge in [-0.3, -0.25) is 9.38 Å². The predicted octanol–water partition coefficient (Wildman–Crippen LogP) is 3.57. The van der Waals surface area contributed by atoms with Gasteiger partial charge in [0.1, 0.15) is 5.65 Å². The zero-order chi connectivity index (χ0) is 20.0. The molecule has 0 fully saturated rings. The molecule has 0 bridgehead atoms. The second-order valence-corrected chi connectivity index (χ2v) is 8.73. The van der Waals surface area contributed by atoms with E-state index in [0.717, 1.165) is 40.5 Å². The fraction of sp³-hybridized carbons (Fsp3) is 0.350. The number of hydrogen-bond acceptors (Lipinski definition) is 5. The van der Waals surface area contributed by atoms with Gasteiger partial charge in [-0.2, -0.15) is 9.52 Å². The summed E-state index contributed by atoms with van der Waals surface area (Å²) in [6.45, 7) is 2.10. The highest BCUT2D eigenvalue weighted by Crippen LogP contribution is 2.19. The van der Waals surface area contributed by atoms with E-state index < -0.39 is 10.0 Å². The molecular weight excluding hydrogens is 374 g/mol. The molecule has 0 aliphatic carbocycles. The molecule has 3 heterocycles. The quantitative estimate of drug-likeness (QED) is 0.313. The Kier molecular flexibility index (Phi) is 6.41. The molecule has 0 atom stereocenters. The van der Waals surface area contributed by atoms with Gasteiger partial charge >= 0.3 is 0 Å². The van der Waals surface area contributed by atoms with Crippen LogP contribution in [-0.2, 0) is 10.0 Å². The van der Waals surface area contributed by atoms with Crippen molar-refractivity contribution in [1.82, 2.24) is 18.8 Å². The average Bonchev–Trinajstić information content (AvgIpc) is 3.12. The van der Waals surface area contributed by atoms with E-state index in [4.69, 9.17) is 0 Å². The number of unbranched alkanes of at least 4 members (excludes halogenated alkanes) is 3. The number of rotatable bonds is 9. The largest absolute Gasteiger partial charge is 0.298 e. The van der Waals surface area contributed by atoms with Crippen LogP contribution in [-0.4, -0.2) is 46.2 Å². The van der Waals surface area contributed by atoms with Gasteiger partial charge in [-0.05, 0) is 24.6 Å². The van der Waals surface area contributed by atoms with E-state index in [9.17, 15) is 8.42 Å². The standard InChI is InChI=1S/C20H25N5O2S/c1-3-4-5-6-12-28(26,27)24(2)23-15-19-14-22-20-10-9-18(16-25(19)20)17-8-7-11-21-13-17/h7-11,13-16H,3-6,12H2,1-2H3/b23-15+. The lowest BCUT2D eigenvalue weighted by atomic mass is 10.1. The normalized spacial score (nSPS) is 12.1. The zero-order valence-electron chi connectivity index (χ0n) is 16.2. The van der Waals surface area contributed by atoms with Gasteiger partial charge in [-0.15, -0.1) is 0 Å². The minimum absolute atomic E-state index is 0.110. The predicted molar refractivity (Wildman–Crippen MR) is 112 cm³/mol. The topological polar surface area (TPSA) is 79.9 Å². The van der Waals surface area contributed by atoms with Crippen molar-refractivity contribution in [3.63, 3.8) is 0 Å². The summed E-state index contributed by atoms with van der Waals surface area (Å²) in [6.07, 6.45) is 12.4. The lowest BCUT2D eigenvalue weighted by Gasteiger charge is -2.13. The van der Waals surface area contributed by atoms with E-state index in [1.807, 2.05) is 34.9 Å². The molecule has 0 saturated heterocycles. The maximum absolute atomic E-state index is 12.3. The highest BCUT2D eigenvalue weighted by molar-refractivity contribution is 7.89. The Labute approximate surface area is 165 Å². The molecule has 3 aromatic heterocycles. The third-order valence-corrected chi connectivity index (χ3v) is 6.24. The van der Waals surface area contributed by atoms with Crippen LogP contribution < -0.4 is 0 Å². The van der Waals surface area contributed by atoms with Gasteiger partial charge in [0.05, 0.1) is 23.9 Å². The smallest absolute Gasteiger partial charge is 0.249 e. The summed E-state index contributed by atoms with van der Waals surface area (Å²) >= 11 is 0. The molecule has 7 nitrogen and oxygen atoms in total. The first-order chi connectivity index (χ1) is 13.5. The number of hydrazone groups is 1. The fourth-order valence-electron chi connectivity index (χ4n) is 2.85. The molecule has 0 aliphatic heterocycles. The zero-order valence-corrected chi connectivity index (χ0v) is 17.0. The van der Waals surface area contributed by atoms with Gasteiger partial charge < -0.3 is 0 Å². The molecule has 0 amide bonds. The summed E-state index contributed by atoms with van der Waals surface area (Å²) in [5, 5.41) is 4.14. The van der Waals surface area contributed by atoms with Crippen molar-refractivity contribution in [2.75, 3.05) is 12.8 Å². The first kappa shape index (κ1) is 20.0. The van der Waals surface area contributed by atoms with Crippen molar-refractivity contribution in [2.24, 2.45) is 5.10 Å². The van der Waals surface area contributed by atoms with Crippen LogP contribution in [0, 0.1) is 0 Å². The van der Waals surface area contributed by atoms with E-state index in [0.29, 0.717) is 12.1 Å². The number of fused-ring (bicyclic) bond motifs is 1. The van der Waals surface area contributed by atoms with Crippen LogP contribution in [0.4, 0.5) is 0 Å². The lowest BCUT2D eigenvalue weighted by molar-refractivity contribution is 0.487. The van der Waals surface area contributed by atoms with E-state index in [2.05, 4.69) is 22.0 Å². The number of pyridine rings is 2. The summed E-state index contributed by atoms with van der Waals surface area (Å²) in [7, 11) is -1.93. The minimum atomic E-state index is -3.40. The molecule has 28 heavy (non-hydrogen) atoms. The minimum Gasteiger partial charge on any atom is -0.298 e. The number of nitrogens with zero attached hydrogens (tertiary/aromatic N) is 5. The Morgan fingerprint density at radius 3 is 2.75 bits per heavy atom. The van der Waals surface area contributed by atoms with E-state index in [-0.39, 0.29) is 5.75 Å². The Morgan fingerprint density at radius 2 is 2.00 bits per heavy atom. The summed E-state index contributed by atoms with van der Waals surface area (Å²) in [4.78, 5) is 8.50. The van der Waals surface area contributed by atoms with Crippen molar-refractivity contribution in [1.29, 1.82) is 0 Å². The summed E-state index contributed by atoms with van der Waals surface area (Å²) in [5.41, 5.74) is 3.45. The van der Waals surface area contributed by atoms with Crippen LogP contribution in [0.25, 0.3) is 16.8 Å². The summed E-state index contributed by atoms with van der Waals surface area (Å²) < 4.78 is 27.6. The lowest BCUT2D eigenvalue weighted by Crippen LogP contribution is -2.24. The molecule has 0 unspecified atom stereocenters. The van der Waals surface area contributed by atoms with Gasteiger partial charge in [-0.1, -0.05) is 32.3 Å². The highest BCUT2D eigenvalue weighted by atomic mass is 32.2. The van der Waals surface area contributed by atoms with Gasteiger partial charge in [0, 0.05) is 36.8 Å².